The SMILES string of the molecule is Cc1nc2ccccc2c(=O)n1CC(=O)NCc1ccccc1Cl. The summed E-state index contributed by atoms with van der Waals surface area (Å²) >= 11 is 6.07. The first kappa shape index (κ1) is 16.2. The lowest BCUT2D eigenvalue weighted by Crippen LogP contribution is -2.33. The van der Waals surface area contributed by atoms with Crippen molar-refractivity contribution >= 4 is 28.4 Å². The molecule has 0 spiro atoms. The van der Waals surface area contributed by atoms with Crippen LogP contribution in [0.5, 0.6) is 0 Å². The first-order valence-electron chi connectivity index (χ1n) is 7.52. The fourth-order valence-corrected chi connectivity index (χ4v) is 2.70. The average Bonchev–Trinajstić information content (AvgIpc) is 2.58. The largest absolute Gasteiger partial charge is 0.350 e. The molecule has 0 atom stereocenters. The molecule has 0 aliphatic rings. The lowest BCUT2D eigenvalue weighted by molar-refractivity contribution is -0.121. The van der Waals surface area contributed by atoms with E-state index in [1.54, 1.807) is 31.2 Å². The third kappa shape index (κ3) is 3.31. The van der Waals surface area contributed by atoms with Gasteiger partial charge in [-0.25, -0.2) is 4.98 Å². The number of nitrogens with one attached hydrogen (secondary N) is 1. The van der Waals surface area contributed by atoms with E-state index in [0.29, 0.717) is 28.3 Å². The summed E-state index contributed by atoms with van der Waals surface area (Å²) in [5.41, 5.74) is 1.24. The van der Waals surface area contributed by atoms with Crippen LogP contribution in [0.15, 0.2) is 53.3 Å². The van der Waals surface area contributed by atoms with E-state index in [-0.39, 0.29) is 18.0 Å². The van der Waals surface area contributed by atoms with Gasteiger partial charge in [-0.2, -0.15) is 0 Å². The molecule has 0 aliphatic heterocycles. The van der Waals surface area contributed by atoms with E-state index in [1.165, 1.54) is 4.57 Å². The number of rotatable bonds is 4. The first-order valence-corrected chi connectivity index (χ1v) is 7.90. The quantitative estimate of drug-likeness (QED) is 0.793. The Morgan fingerprint density at radius 3 is 2.67 bits per heavy atom. The lowest BCUT2D eigenvalue weighted by Gasteiger charge is -2.11. The number of nitrogens with zero attached hydrogens (tertiary/aromatic N) is 2. The molecule has 0 aliphatic carbocycles. The number of para-hydroxylation sites is 1. The summed E-state index contributed by atoms with van der Waals surface area (Å²) in [5, 5.41) is 3.88. The molecule has 5 nitrogen and oxygen atoms in total. The molecule has 0 saturated heterocycles. The fourth-order valence-electron chi connectivity index (χ4n) is 2.50. The predicted molar refractivity (Wildman–Crippen MR) is 94.0 cm³/mol. The second kappa shape index (κ2) is 6.84. The molecule has 1 amide bonds. The van der Waals surface area contributed by atoms with E-state index in [9.17, 15) is 9.59 Å². The van der Waals surface area contributed by atoms with Gasteiger partial charge in [0.05, 0.1) is 10.9 Å². The highest BCUT2D eigenvalue weighted by Gasteiger charge is 2.11. The van der Waals surface area contributed by atoms with E-state index >= 15 is 0 Å². The van der Waals surface area contributed by atoms with Crippen LogP contribution in [0.1, 0.15) is 11.4 Å². The van der Waals surface area contributed by atoms with Crippen LogP contribution in [-0.4, -0.2) is 15.5 Å². The maximum atomic E-state index is 12.5. The van der Waals surface area contributed by atoms with Crippen LogP contribution in [0, 0.1) is 6.92 Å². The fraction of sp³-hybridized carbons (Fsp3) is 0.167. The van der Waals surface area contributed by atoms with Crippen LogP contribution in [0.25, 0.3) is 10.9 Å². The van der Waals surface area contributed by atoms with Crippen molar-refractivity contribution in [1.82, 2.24) is 14.9 Å². The van der Waals surface area contributed by atoms with Gasteiger partial charge in [-0.1, -0.05) is 41.9 Å². The number of amides is 1. The van der Waals surface area contributed by atoms with Gasteiger partial charge in [0.25, 0.3) is 5.56 Å². The molecule has 0 unspecified atom stereocenters. The van der Waals surface area contributed by atoms with Crippen molar-refractivity contribution in [1.29, 1.82) is 0 Å². The summed E-state index contributed by atoms with van der Waals surface area (Å²) in [6.07, 6.45) is 0. The van der Waals surface area contributed by atoms with E-state index in [4.69, 9.17) is 11.6 Å². The second-order valence-corrected chi connectivity index (χ2v) is 5.84. The van der Waals surface area contributed by atoms with Gasteiger partial charge in [0.1, 0.15) is 12.4 Å². The van der Waals surface area contributed by atoms with E-state index in [1.807, 2.05) is 24.3 Å². The van der Waals surface area contributed by atoms with E-state index in [2.05, 4.69) is 10.3 Å². The number of hydrogen-bond donors (Lipinski definition) is 1. The molecule has 1 aromatic heterocycles. The molecule has 122 valence electrons. The smallest absolute Gasteiger partial charge is 0.261 e. The molecule has 2 aromatic carbocycles. The Morgan fingerprint density at radius 2 is 1.88 bits per heavy atom. The van der Waals surface area contributed by atoms with Crippen molar-refractivity contribution in [3.63, 3.8) is 0 Å². The summed E-state index contributed by atoms with van der Waals surface area (Å²) in [6.45, 7) is 1.95. The molecule has 0 fully saturated rings. The molecule has 0 radical (unpaired) electrons. The molecule has 3 aromatic rings. The van der Waals surface area contributed by atoms with Gasteiger partial charge in [0.15, 0.2) is 0 Å². The third-order valence-corrected chi connectivity index (χ3v) is 4.16. The molecular weight excluding hydrogens is 326 g/mol. The Bertz CT molecular complexity index is 966. The highest BCUT2D eigenvalue weighted by atomic mass is 35.5. The number of aryl methyl sites for hydroxylation is 1. The van der Waals surface area contributed by atoms with Gasteiger partial charge in [-0.15, -0.1) is 0 Å². The van der Waals surface area contributed by atoms with Crippen LogP contribution in [0.2, 0.25) is 5.02 Å². The maximum Gasteiger partial charge on any atom is 0.261 e. The minimum atomic E-state index is -0.266. The summed E-state index contributed by atoms with van der Waals surface area (Å²) in [4.78, 5) is 29.1. The average molecular weight is 342 g/mol. The molecular formula is C18H16ClN3O2. The molecule has 0 saturated carbocycles. The maximum absolute atomic E-state index is 12.5. The number of carbonyl (C=O) groups is 1. The van der Waals surface area contributed by atoms with Gasteiger partial charge in [0, 0.05) is 11.6 Å². The van der Waals surface area contributed by atoms with Crippen molar-refractivity contribution in [2.75, 3.05) is 0 Å². The standard InChI is InChI=1S/C18H16ClN3O2/c1-12-21-16-9-5-3-7-14(16)18(24)22(12)11-17(23)20-10-13-6-2-4-8-15(13)19/h2-9H,10-11H2,1H3,(H,20,23). The summed E-state index contributed by atoms with van der Waals surface area (Å²) in [7, 11) is 0. The summed E-state index contributed by atoms with van der Waals surface area (Å²) < 4.78 is 1.38. The van der Waals surface area contributed by atoms with Gasteiger partial charge < -0.3 is 5.32 Å². The van der Waals surface area contributed by atoms with Crippen molar-refractivity contribution < 1.29 is 4.79 Å². The minimum Gasteiger partial charge on any atom is -0.350 e. The van der Waals surface area contributed by atoms with Crippen LogP contribution in [-0.2, 0) is 17.9 Å². The Balaban J connectivity index is 1.78. The van der Waals surface area contributed by atoms with Crippen molar-refractivity contribution in [2.24, 2.45) is 0 Å². The highest BCUT2D eigenvalue weighted by Crippen LogP contribution is 2.14. The Labute approximate surface area is 143 Å². The van der Waals surface area contributed by atoms with Crippen molar-refractivity contribution in [3.05, 3.63) is 75.3 Å². The number of hydrogen-bond acceptors (Lipinski definition) is 3. The summed E-state index contributed by atoms with van der Waals surface area (Å²) in [6, 6.07) is 14.4. The zero-order valence-electron chi connectivity index (χ0n) is 13.1. The van der Waals surface area contributed by atoms with Crippen LogP contribution in [0.4, 0.5) is 0 Å². The minimum absolute atomic E-state index is 0.0764. The van der Waals surface area contributed by atoms with E-state index < -0.39 is 0 Å². The molecule has 1 heterocycles. The van der Waals surface area contributed by atoms with E-state index in [0.717, 1.165) is 5.56 Å². The number of benzene rings is 2. The van der Waals surface area contributed by atoms with Gasteiger partial charge in [-0.05, 0) is 30.7 Å². The molecule has 24 heavy (non-hydrogen) atoms. The molecule has 6 heteroatoms. The lowest BCUT2D eigenvalue weighted by atomic mass is 10.2. The Kier molecular flexibility index (Phi) is 4.62. The normalized spacial score (nSPS) is 10.8. The Hall–Kier alpha value is -2.66. The zero-order chi connectivity index (χ0) is 17.1. The highest BCUT2D eigenvalue weighted by molar-refractivity contribution is 6.31. The number of fused-ring (bicyclic) bond motifs is 1. The first-order chi connectivity index (χ1) is 11.6. The molecule has 3 rings (SSSR count). The number of halogens is 1. The van der Waals surface area contributed by atoms with Crippen LogP contribution in [0.3, 0.4) is 0 Å². The Morgan fingerprint density at radius 1 is 1.17 bits per heavy atom. The van der Waals surface area contributed by atoms with Gasteiger partial charge in [-0.3, -0.25) is 14.2 Å². The second-order valence-electron chi connectivity index (χ2n) is 5.44. The topological polar surface area (TPSA) is 64.0 Å². The van der Waals surface area contributed by atoms with Gasteiger partial charge in [0.2, 0.25) is 5.91 Å². The van der Waals surface area contributed by atoms with Crippen molar-refractivity contribution in [3.8, 4) is 0 Å². The predicted octanol–water partition coefficient (Wildman–Crippen LogP) is 2.67. The molecule has 1 N–H and O–H groups in total. The summed E-state index contributed by atoms with van der Waals surface area (Å²) in [5.74, 6) is 0.240. The molecule has 0 bridgehead atoms. The zero-order valence-corrected chi connectivity index (χ0v) is 13.9. The number of carbonyl (C=O) groups excluding carboxylic acids is 1. The monoisotopic (exact) mass is 341 g/mol. The third-order valence-electron chi connectivity index (χ3n) is 3.79. The van der Waals surface area contributed by atoms with Crippen LogP contribution < -0.4 is 10.9 Å². The van der Waals surface area contributed by atoms with Crippen LogP contribution >= 0.6 is 11.6 Å². The number of aromatic nitrogens is 2. The van der Waals surface area contributed by atoms with Crippen molar-refractivity contribution in [2.45, 2.75) is 20.0 Å². The van der Waals surface area contributed by atoms with Gasteiger partial charge >= 0.3 is 0 Å².